The Balaban J connectivity index is 1.55. The number of fused-ring (bicyclic) bond motifs is 2. The number of hydrazone groups is 1. The molecule has 0 unspecified atom stereocenters. The summed E-state index contributed by atoms with van der Waals surface area (Å²) in [5.41, 5.74) is 4.17. The van der Waals surface area contributed by atoms with Crippen LogP contribution in [-0.2, 0) is 0 Å². The summed E-state index contributed by atoms with van der Waals surface area (Å²) in [6.07, 6.45) is 1.68. The van der Waals surface area contributed by atoms with Gasteiger partial charge in [-0.2, -0.15) is 5.10 Å². The van der Waals surface area contributed by atoms with Crippen molar-refractivity contribution in [3.63, 3.8) is 0 Å². The first kappa shape index (κ1) is 15.1. The summed E-state index contributed by atoms with van der Waals surface area (Å²) in [6.45, 7) is 0. The van der Waals surface area contributed by atoms with Crippen LogP contribution < -0.4 is 5.43 Å². The number of nitrogens with zero attached hydrogens (tertiary/aromatic N) is 1. The first-order valence-electron chi connectivity index (χ1n) is 8.11. The highest BCUT2D eigenvalue weighted by atomic mass is 16.2. The van der Waals surface area contributed by atoms with Crippen LogP contribution in [0.3, 0.4) is 0 Å². The fourth-order valence-corrected chi connectivity index (χ4v) is 2.92. The number of benzene rings is 4. The molecule has 0 aliphatic rings. The Morgan fingerprint density at radius 3 is 2.36 bits per heavy atom. The number of hydrogen-bond acceptors (Lipinski definition) is 2. The van der Waals surface area contributed by atoms with Crippen molar-refractivity contribution in [1.29, 1.82) is 0 Å². The van der Waals surface area contributed by atoms with E-state index < -0.39 is 0 Å². The number of rotatable bonds is 3. The number of hydrogen-bond donors (Lipinski definition) is 1. The number of amides is 1. The maximum atomic E-state index is 12.3. The maximum Gasteiger partial charge on any atom is 0.271 e. The van der Waals surface area contributed by atoms with Crippen LogP contribution in [0.1, 0.15) is 15.9 Å². The van der Waals surface area contributed by atoms with Crippen molar-refractivity contribution in [1.82, 2.24) is 5.43 Å². The highest BCUT2D eigenvalue weighted by molar-refractivity contribution is 6.01. The molecule has 0 heterocycles. The van der Waals surface area contributed by atoms with Crippen molar-refractivity contribution in [2.75, 3.05) is 0 Å². The summed E-state index contributed by atoms with van der Waals surface area (Å²) in [6, 6.07) is 27.7. The second kappa shape index (κ2) is 6.57. The molecular formula is C22H16N2O. The summed E-state index contributed by atoms with van der Waals surface area (Å²) >= 11 is 0. The fraction of sp³-hybridized carbons (Fsp3) is 0. The van der Waals surface area contributed by atoms with Gasteiger partial charge in [-0.15, -0.1) is 0 Å². The minimum Gasteiger partial charge on any atom is -0.267 e. The van der Waals surface area contributed by atoms with Gasteiger partial charge in [0.15, 0.2) is 0 Å². The van der Waals surface area contributed by atoms with E-state index in [1.54, 1.807) is 6.21 Å². The summed E-state index contributed by atoms with van der Waals surface area (Å²) in [7, 11) is 0. The van der Waals surface area contributed by atoms with E-state index in [2.05, 4.69) is 22.7 Å². The van der Waals surface area contributed by atoms with Crippen LogP contribution in [0.15, 0.2) is 90.0 Å². The van der Waals surface area contributed by atoms with Crippen LogP contribution in [-0.4, -0.2) is 12.1 Å². The predicted molar refractivity (Wildman–Crippen MR) is 103 cm³/mol. The van der Waals surface area contributed by atoms with Gasteiger partial charge in [0.2, 0.25) is 0 Å². The molecule has 0 aliphatic carbocycles. The van der Waals surface area contributed by atoms with Gasteiger partial charge in [-0.25, -0.2) is 5.43 Å². The number of carbonyl (C=O) groups excluding carboxylic acids is 1. The molecule has 4 aromatic rings. The summed E-state index contributed by atoms with van der Waals surface area (Å²) < 4.78 is 0. The van der Waals surface area contributed by atoms with E-state index in [4.69, 9.17) is 0 Å². The summed E-state index contributed by atoms with van der Waals surface area (Å²) in [5, 5.41) is 8.52. The zero-order chi connectivity index (χ0) is 17.1. The Labute approximate surface area is 145 Å². The van der Waals surface area contributed by atoms with E-state index >= 15 is 0 Å². The molecule has 0 bridgehead atoms. The monoisotopic (exact) mass is 324 g/mol. The summed E-state index contributed by atoms with van der Waals surface area (Å²) in [5.74, 6) is -0.220. The zero-order valence-electron chi connectivity index (χ0n) is 13.5. The van der Waals surface area contributed by atoms with Crippen molar-refractivity contribution in [2.45, 2.75) is 0 Å². The quantitative estimate of drug-likeness (QED) is 0.428. The van der Waals surface area contributed by atoms with E-state index in [1.807, 2.05) is 72.8 Å². The third kappa shape index (κ3) is 3.12. The Kier molecular flexibility index (Phi) is 3.97. The number of carbonyl (C=O) groups is 1. The smallest absolute Gasteiger partial charge is 0.267 e. The minimum absolute atomic E-state index is 0.220. The van der Waals surface area contributed by atoms with E-state index in [-0.39, 0.29) is 5.91 Å². The highest BCUT2D eigenvalue weighted by Crippen LogP contribution is 2.17. The van der Waals surface area contributed by atoms with Crippen LogP contribution in [0.4, 0.5) is 0 Å². The molecule has 0 saturated carbocycles. The van der Waals surface area contributed by atoms with Gasteiger partial charge in [-0.3, -0.25) is 4.79 Å². The van der Waals surface area contributed by atoms with Gasteiger partial charge in [-0.05, 0) is 33.7 Å². The SMILES string of the molecule is O=C(N/N=C\c1cccc2ccccc12)c1ccc2ccccc2c1. The molecule has 1 N–H and O–H groups in total. The topological polar surface area (TPSA) is 41.5 Å². The molecule has 0 aromatic heterocycles. The van der Waals surface area contributed by atoms with E-state index in [0.717, 1.165) is 27.1 Å². The first-order chi connectivity index (χ1) is 12.3. The van der Waals surface area contributed by atoms with Crippen molar-refractivity contribution < 1.29 is 4.79 Å². The fourth-order valence-electron chi connectivity index (χ4n) is 2.92. The second-order valence-corrected chi connectivity index (χ2v) is 5.83. The lowest BCUT2D eigenvalue weighted by Gasteiger charge is -2.03. The molecule has 3 heteroatoms. The Hall–Kier alpha value is -3.46. The van der Waals surface area contributed by atoms with Crippen molar-refractivity contribution in [3.8, 4) is 0 Å². The maximum absolute atomic E-state index is 12.3. The lowest BCUT2D eigenvalue weighted by atomic mass is 10.1. The van der Waals surface area contributed by atoms with Gasteiger partial charge < -0.3 is 0 Å². The predicted octanol–water partition coefficient (Wildman–Crippen LogP) is 4.76. The van der Waals surface area contributed by atoms with Crippen molar-refractivity contribution in [2.24, 2.45) is 5.10 Å². The lowest BCUT2D eigenvalue weighted by Crippen LogP contribution is -2.17. The molecule has 0 fully saturated rings. The molecule has 0 spiro atoms. The third-order valence-corrected chi connectivity index (χ3v) is 4.20. The lowest BCUT2D eigenvalue weighted by molar-refractivity contribution is 0.0955. The Bertz CT molecular complexity index is 1090. The molecule has 3 nitrogen and oxygen atoms in total. The van der Waals surface area contributed by atoms with Crippen molar-refractivity contribution >= 4 is 33.7 Å². The van der Waals surface area contributed by atoms with Crippen LogP contribution in [0, 0.1) is 0 Å². The molecule has 0 atom stereocenters. The van der Waals surface area contributed by atoms with E-state index in [9.17, 15) is 4.79 Å². The van der Waals surface area contributed by atoms with Crippen LogP contribution in [0.5, 0.6) is 0 Å². The summed E-state index contributed by atoms with van der Waals surface area (Å²) in [4.78, 5) is 12.3. The van der Waals surface area contributed by atoms with Gasteiger partial charge in [0.1, 0.15) is 0 Å². The molecule has 120 valence electrons. The molecule has 25 heavy (non-hydrogen) atoms. The average molecular weight is 324 g/mol. The molecule has 0 saturated heterocycles. The van der Waals surface area contributed by atoms with Crippen LogP contribution in [0.25, 0.3) is 21.5 Å². The normalized spacial score (nSPS) is 11.2. The average Bonchev–Trinajstić information content (AvgIpc) is 2.67. The van der Waals surface area contributed by atoms with Gasteiger partial charge >= 0.3 is 0 Å². The standard InChI is InChI=1S/C22H16N2O/c25-22(19-13-12-16-6-1-2-8-18(16)14-19)24-23-15-20-10-5-9-17-7-3-4-11-21(17)20/h1-15H,(H,24,25)/b23-15-. The Morgan fingerprint density at radius 2 is 1.48 bits per heavy atom. The van der Waals surface area contributed by atoms with Gasteiger partial charge in [0.25, 0.3) is 5.91 Å². The van der Waals surface area contributed by atoms with E-state index in [1.165, 1.54) is 0 Å². The minimum atomic E-state index is -0.220. The molecule has 0 aliphatic heterocycles. The van der Waals surface area contributed by atoms with Gasteiger partial charge in [-0.1, -0.05) is 72.8 Å². The first-order valence-corrected chi connectivity index (χ1v) is 8.11. The largest absolute Gasteiger partial charge is 0.271 e. The molecule has 4 aromatic carbocycles. The molecule has 4 rings (SSSR count). The Morgan fingerprint density at radius 1 is 0.760 bits per heavy atom. The zero-order valence-corrected chi connectivity index (χ0v) is 13.5. The highest BCUT2D eigenvalue weighted by Gasteiger charge is 2.05. The van der Waals surface area contributed by atoms with Crippen LogP contribution >= 0.6 is 0 Å². The van der Waals surface area contributed by atoms with Crippen molar-refractivity contribution in [3.05, 3.63) is 96.1 Å². The molecular weight excluding hydrogens is 308 g/mol. The number of nitrogens with one attached hydrogen (secondary N) is 1. The van der Waals surface area contributed by atoms with Gasteiger partial charge in [0, 0.05) is 11.1 Å². The van der Waals surface area contributed by atoms with E-state index in [0.29, 0.717) is 5.56 Å². The second-order valence-electron chi connectivity index (χ2n) is 5.83. The third-order valence-electron chi connectivity index (χ3n) is 4.20. The van der Waals surface area contributed by atoms with Crippen LogP contribution in [0.2, 0.25) is 0 Å². The molecule has 1 amide bonds. The van der Waals surface area contributed by atoms with Gasteiger partial charge in [0.05, 0.1) is 6.21 Å². The molecule has 0 radical (unpaired) electrons.